The normalized spacial score (nSPS) is 29.6. The summed E-state index contributed by atoms with van der Waals surface area (Å²) in [6.45, 7) is 2.20. The van der Waals surface area contributed by atoms with Crippen LogP contribution in [0.4, 0.5) is 4.39 Å². The molecule has 1 N–H and O–H groups in total. The highest BCUT2D eigenvalue weighted by molar-refractivity contribution is 5.82. The van der Waals surface area contributed by atoms with Crippen LogP contribution >= 0.6 is 0 Å². The van der Waals surface area contributed by atoms with Gasteiger partial charge in [-0.15, -0.1) is 0 Å². The van der Waals surface area contributed by atoms with E-state index in [0.717, 1.165) is 31.5 Å². The number of Topliss-reactive ketones (excluding diaryl/α,β-unsaturated/α-hetero) is 1. The van der Waals surface area contributed by atoms with E-state index in [0.29, 0.717) is 24.8 Å². The van der Waals surface area contributed by atoms with Gasteiger partial charge in [0.05, 0.1) is 12.6 Å². The molecule has 0 bridgehead atoms. The molecule has 1 heterocycles. The average molecular weight is 277 g/mol. The molecule has 0 radical (unpaired) electrons. The largest absolute Gasteiger partial charge is 0.393 e. The molecule has 1 aromatic rings. The first kappa shape index (κ1) is 13.7. The Hall–Kier alpha value is -1.26. The fraction of sp³-hybridized carbons (Fsp3) is 0.562. The zero-order valence-corrected chi connectivity index (χ0v) is 11.5. The fourth-order valence-corrected chi connectivity index (χ4v) is 3.59. The highest BCUT2D eigenvalue weighted by Crippen LogP contribution is 2.37. The van der Waals surface area contributed by atoms with Crippen molar-refractivity contribution >= 4 is 5.78 Å². The number of fused-ring (bicyclic) bond motifs is 1. The van der Waals surface area contributed by atoms with Gasteiger partial charge in [0.25, 0.3) is 0 Å². The van der Waals surface area contributed by atoms with E-state index in [2.05, 4.69) is 4.90 Å². The van der Waals surface area contributed by atoms with E-state index in [4.69, 9.17) is 0 Å². The monoisotopic (exact) mass is 277 g/mol. The third-order valence-electron chi connectivity index (χ3n) is 4.61. The van der Waals surface area contributed by atoms with E-state index in [-0.39, 0.29) is 17.7 Å². The summed E-state index contributed by atoms with van der Waals surface area (Å²) in [7, 11) is 0. The molecule has 4 heteroatoms. The number of halogens is 1. The van der Waals surface area contributed by atoms with Gasteiger partial charge in [0.1, 0.15) is 5.82 Å². The van der Waals surface area contributed by atoms with Crippen molar-refractivity contribution in [1.82, 2.24) is 4.90 Å². The van der Waals surface area contributed by atoms with E-state index < -0.39 is 0 Å². The highest BCUT2D eigenvalue weighted by atomic mass is 19.1. The summed E-state index contributed by atoms with van der Waals surface area (Å²) in [5.41, 5.74) is 0.857. The molecule has 1 aromatic carbocycles. The van der Waals surface area contributed by atoms with Gasteiger partial charge in [-0.25, -0.2) is 4.39 Å². The molecule has 1 aliphatic carbocycles. The Morgan fingerprint density at radius 2 is 2.00 bits per heavy atom. The lowest BCUT2D eigenvalue weighted by Crippen LogP contribution is -2.30. The first-order chi connectivity index (χ1) is 9.61. The third-order valence-corrected chi connectivity index (χ3v) is 4.61. The molecular formula is C16H20FNO2. The van der Waals surface area contributed by atoms with E-state index >= 15 is 0 Å². The minimum absolute atomic E-state index is 0.158. The minimum Gasteiger partial charge on any atom is -0.393 e. The highest BCUT2D eigenvalue weighted by Gasteiger charge is 2.41. The maximum absolute atomic E-state index is 12.8. The van der Waals surface area contributed by atoms with Gasteiger partial charge in [-0.3, -0.25) is 9.69 Å². The zero-order valence-electron chi connectivity index (χ0n) is 11.5. The number of aliphatic hydroxyl groups excluding tert-OH is 1. The standard InChI is InChI=1S/C16H20FNO2/c17-13-4-1-11(2-5-13)7-14(19)9-18-8-12-3-6-16(20)15(12)10-18/h1-2,4-5,12,15-16,20H,3,6-10H2. The van der Waals surface area contributed by atoms with Crippen LogP contribution in [0.1, 0.15) is 18.4 Å². The van der Waals surface area contributed by atoms with Crippen LogP contribution in [-0.2, 0) is 11.2 Å². The second kappa shape index (κ2) is 5.62. The maximum atomic E-state index is 12.8. The lowest BCUT2D eigenvalue weighted by molar-refractivity contribution is -0.119. The van der Waals surface area contributed by atoms with E-state index in [9.17, 15) is 14.3 Å². The van der Waals surface area contributed by atoms with Crippen molar-refractivity contribution in [3.8, 4) is 0 Å². The Morgan fingerprint density at radius 3 is 2.70 bits per heavy atom. The van der Waals surface area contributed by atoms with Crippen LogP contribution in [0.3, 0.4) is 0 Å². The average Bonchev–Trinajstić information content (AvgIpc) is 2.95. The Morgan fingerprint density at radius 1 is 1.25 bits per heavy atom. The third kappa shape index (κ3) is 2.91. The Bertz CT molecular complexity index is 488. The molecule has 108 valence electrons. The molecule has 0 amide bonds. The number of hydrogen-bond acceptors (Lipinski definition) is 3. The zero-order chi connectivity index (χ0) is 14.1. The molecule has 0 aromatic heterocycles. The van der Waals surface area contributed by atoms with Gasteiger partial charge in [0.15, 0.2) is 5.78 Å². The summed E-state index contributed by atoms with van der Waals surface area (Å²) in [5, 5.41) is 9.87. The summed E-state index contributed by atoms with van der Waals surface area (Å²) in [4.78, 5) is 14.2. The van der Waals surface area contributed by atoms with Crippen molar-refractivity contribution in [3.63, 3.8) is 0 Å². The van der Waals surface area contributed by atoms with Crippen molar-refractivity contribution in [3.05, 3.63) is 35.6 Å². The number of carbonyl (C=O) groups is 1. The second-order valence-electron chi connectivity index (χ2n) is 6.10. The Labute approximate surface area is 118 Å². The number of rotatable bonds is 4. The van der Waals surface area contributed by atoms with Crippen LogP contribution in [-0.4, -0.2) is 41.5 Å². The molecular weight excluding hydrogens is 257 g/mol. The molecule has 0 spiro atoms. The van der Waals surface area contributed by atoms with Crippen molar-refractivity contribution < 1.29 is 14.3 Å². The summed E-state index contributed by atoms with van der Waals surface area (Å²) in [6.07, 6.45) is 2.16. The number of carbonyl (C=O) groups excluding carboxylic acids is 1. The van der Waals surface area contributed by atoms with Crippen LogP contribution in [0.15, 0.2) is 24.3 Å². The molecule has 3 rings (SSSR count). The van der Waals surface area contributed by atoms with Crippen LogP contribution < -0.4 is 0 Å². The van der Waals surface area contributed by atoms with Crippen molar-refractivity contribution in [2.24, 2.45) is 11.8 Å². The maximum Gasteiger partial charge on any atom is 0.151 e. The molecule has 1 saturated carbocycles. The first-order valence-corrected chi connectivity index (χ1v) is 7.28. The van der Waals surface area contributed by atoms with E-state index in [1.54, 1.807) is 12.1 Å². The molecule has 1 aliphatic heterocycles. The summed E-state index contributed by atoms with van der Waals surface area (Å²) in [6, 6.07) is 6.10. The summed E-state index contributed by atoms with van der Waals surface area (Å²) < 4.78 is 12.8. The van der Waals surface area contributed by atoms with Crippen molar-refractivity contribution in [2.75, 3.05) is 19.6 Å². The van der Waals surface area contributed by atoms with Gasteiger partial charge in [-0.1, -0.05) is 12.1 Å². The molecule has 2 aliphatic rings. The lowest BCUT2D eigenvalue weighted by Gasteiger charge is -2.17. The van der Waals surface area contributed by atoms with Gasteiger partial charge < -0.3 is 5.11 Å². The Kier molecular flexibility index (Phi) is 3.85. The van der Waals surface area contributed by atoms with Crippen LogP contribution in [0.2, 0.25) is 0 Å². The topological polar surface area (TPSA) is 40.5 Å². The van der Waals surface area contributed by atoms with Crippen LogP contribution in [0.5, 0.6) is 0 Å². The van der Waals surface area contributed by atoms with Crippen molar-refractivity contribution in [1.29, 1.82) is 0 Å². The fourth-order valence-electron chi connectivity index (χ4n) is 3.59. The summed E-state index contributed by atoms with van der Waals surface area (Å²) >= 11 is 0. The van der Waals surface area contributed by atoms with Crippen LogP contribution in [0, 0.1) is 17.7 Å². The molecule has 2 fully saturated rings. The molecule has 3 unspecified atom stereocenters. The number of likely N-dealkylation sites (tertiary alicyclic amines) is 1. The van der Waals surface area contributed by atoms with Crippen molar-refractivity contribution in [2.45, 2.75) is 25.4 Å². The quantitative estimate of drug-likeness (QED) is 0.909. The SMILES string of the molecule is O=C(Cc1ccc(F)cc1)CN1CC2CCC(O)C2C1. The predicted octanol–water partition coefficient (Wildman–Crippen LogP) is 1.64. The van der Waals surface area contributed by atoms with Gasteiger partial charge >= 0.3 is 0 Å². The molecule has 1 saturated heterocycles. The van der Waals surface area contributed by atoms with E-state index in [1.807, 2.05) is 0 Å². The number of ketones is 1. The van der Waals surface area contributed by atoms with Gasteiger partial charge in [0, 0.05) is 25.4 Å². The van der Waals surface area contributed by atoms with Gasteiger partial charge in [0.2, 0.25) is 0 Å². The number of nitrogens with zero attached hydrogens (tertiary/aromatic N) is 1. The molecule has 20 heavy (non-hydrogen) atoms. The summed E-state index contributed by atoms with van der Waals surface area (Å²) in [5.74, 6) is 0.797. The molecule has 3 nitrogen and oxygen atoms in total. The van der Waals surface area contributed by atoms with E-state index in [1.165, 1.54) is 12.1 Å². The number of aliphatic hydroxyl groups is 1. The minimum atomic E-state index is -0.275. The lowest BCUT2D eigenvalue weighted by atomic mass is 10.00. The smallest absolute Gasteiger partial charge is 0.151 e. The number of hydrogen-bond donors (Lipinski definition) is 1. The second-order valence-corrected chi connectivity index (χ2v) is 6.10. The van der Waals surface area contributed by atoms with Crippen LogP contribution in [0.25, 0.3) is 0 Å². The van der Waals surface area contributed by atoms with Gasteiger partial charge in [-0.05, 0) is 36.5 Å². The van der Waals surface area contributed by atoms with Gasteiger partial charge in [-0.2, -0.15) is 0 Å². The number of benzene rings is 1. The first-order valence-electron chi connectivity index (χ1n) is 7.28. The molecule has 3 atom stereocenters. The predicted molar refractivity (Wildman–Crippen MR) is 73.8 cm³/mol. The Balaban J connectivity index is 1.51.